The molecule has 0 bridgehead atoms. The lowest BCUT2D eigenvalue weighted by Gasteiger charge is -2.14. The van der Waals surface area contributed by atoms with Crippen LogP contribution in [0.5, 0.6) is 17.2 Å². The SMILES string of the molecule is COc1cc(OC)c(OC)cc1CNCCO.Cl. The molecule has 0 atom stereocenters. The summed E-state index contributed by atoms with van der Waals surface area (Å²) in [5.74, 6) is 2.03. The summed E-state index contributed by atoms with van der Waals surface area (Å²) in [6.07, 6.45) is 0. The normalized spacial score (nSPS) is 9.56. The standard InChI is InChI=1S/C12H19NO4.ClH/c1-15-10-7-12(17-3)11(16-2)6-9(10)8-13-4-5-14;/h6-7,13-14H,4-5,8H2,1-3H3;1H. The molecule has 0 radical (unpaired) electrons. The molecule has 0 spiro atoms. The molecule has 1 rings (SSSR count). The number of benzene rings is 1. The van der Waals surface area contributed by atoms with Crippen LogP contribution in [0, 0.1) is 0 Å². The number of hydrogen-bond acceptors (Lipinski definition) is 5. The van der Waals surface area contributed by atoms with Crippen LogP contribution in [0.1, 0.15) is 5.56 Å². The highest BCUT2D eigenvalue weighted by molar-refractivity contribution is 5.85. The number of hydrogen-bond donors (Lipinski definition) is 2. The van der Waals surface area contributed by atoms with Gasteiger partial charge < -0.3 is 24.6 Å². The van der Waals surface area contributed by atoms with Gasteiger partial charge in [-0.15, -0.1) is 12.4 Å². The molecule has 0 aliphatic carbocycles. The summed E-state index contributed by atoms with van der Waals surface area (Å²) in [5, 5.41) is 11.8. The number of ether oxygens (including phenoxy) is 3. The third-order valence-corrected chi connectivity index (χ3v) is 2.39. The summed E-state index contributed by atoms with van der Waals surface area (Å²) in [4.78, 5) is 0. The molecule has 5 nitrogen and oxygen atoms in total. The highest BCUT2D eigenvalue weighted by atomic mass is 35.5. The van der Waals surface area contributed by atoms with E-state index in [1.165, 1.54) is 0 Å². The third-order valence-electron chi connectivity index (χ3n) is 2.39. The molecule has 2 N–H and O–H groups in total. The molecule has 6 heteroatoms. The second-order valence-corrected chi connectivity index (χ2v) is 3.42. The Balaban J connectivity index is 0.00000289. The van der Waals surface area contributed by atoms with Gasteiger partial charge in [0.05, 0.1) is 27.9 Å². The molecule has 0 saturated heterocycles. The van der Waals surface area contributed by atoms with Gasteiger partial charge in [0.25, 0.3) is 0 Å². The lowest BCUT2D eigenvalue weighted by molar-refractivity contribution is 0.291. The van der Waals surface area contributed by atoms with E-state index in [4.69, 9.17) is 19.3 Å². The molecule has 104 valence electrons. The smallest absolute Gasteiger partial charge is 0.164 e. The molecule has 0 aliphatic rings. The van der Waals surface area contributed by atoms with Gasteiger partial charge >= 0.3 is 0 Å². The van der Waals surface area contributed by atoms with E-state index in [1.807, 2.05) is 6.07 Å². The topological polar surface area (TPSA) is 60.0 Å². The Labute approximate surface area is 113 Å². The van der Waals surface area contributed by atoms with Crippen molar-refractivity contribution < 1.29 is 19.3 Å². The number of halogens is 1. The minimum Gasteiger partial charge on any atom is -0.496 e. The lowest BCUT2D eigenvalue weighted by Crippen LogP contribution is -2.18. The first-order valence-electron chi connectivity index (χ1n) is 5.37. The summed E-state index contributed by atoms with van der Waals surface area (Å²) in [6, 6.07) is 3.65. The first-order chi connectivity index (χ1) is 8.26. The molecule has 1 aromatic rings. The monoisotopic (exact) mass is 277 g/mol. The number of rotatable bonds is 7. The number of nitrogens with one attached hydrogen (secondary N) is 1. The van der Waals surface area contributed by atoms with Crippen molar-refractivity contribution in [3.8, 4) is 17.2 Å². The van der Waals surface area contributed by atoms with Gasteiger partial charge in [-0.05, 0) is 6.07 Å². The van der Waals surface area contributed by atoms with Crippen molar-refractivity contribution in [1.29, 1.82) is 0 Å². The average molecular weight is 278 g/mol. The predicted octanol–water partition coefficient (Wildman–Crippen LogP) is 1.22. The van der Waals surface area contributed by atoms with Crippen LogP contribution in [0.4, 0.5) is 0 Å². The van der Waals surface area contributed by atoms with Crippen molar-refractivity contribution in [2.45, 2.75) is 6.54 Å². The number of methoxy groups -OCH3 is 3. The highest BCUT2D eigenvalue weighted by Crippen LogP contribution is 2.34. The third kappa shape index (κ3) is 4.25. The molecule has 0 saturated carbocycles. The summed E-state index contributed by atoms with van der Waals surface area (Å²) in [7, 11) is 4.78. The summed E-state index contributed by atoms with van der Waals surface area (Å²) in [6.45, 7) is 1.25. The van der Waals surface area contributed by atoms with E-state index < -0.39 is 0 Å². The van der Waals surface area contributed by atoms with Crippen LogP contribution in [0.2, 0.25) is 0 Å². The van der Waals surface area contributed by atoms with Crippen molar-refractivity contribution in [2.75, 3.05) is 34.5 Å². The van der Waals surface area contributed by atoms with Gasteiger partial charge in [0.15, 0.2) is 11.5 Å². The molecule has 0 aromatic heterocycles. The van der Waals surface area contributed by atoms with E-state index in [1.54, 1.807) is 27.4 Å². The molecular weight excluding hydrogens is 258 g/mol. The zero-order valence-electron chi connectivity index (χ0n) is 10.9. The van der Waals surface area contributed by atoms with Crippen molar-refractivity contribution in [3.63, 3.8) is 0 Å². The van der Waals surface area contributed by atoms with Crippen LogP contribution >= 0.6 is 12.4 Å². The second-order valence-electron chi connectivity index (χ2n) is 3.42. The molecule has 0 fully saturated rings. The zero-order valence-corrected chi connectivity index (χ0v) is 11.7. The van der Waals surface area contributed by atoms with E-state index in [0.717, 1.165) is 11.3 Å². The Morgan fingerprint density at radius 3 is 2.06 bits per heavy atom. The Bertz CT molecular complexity index is 360. The molecule has 1 aromatic carbocycles. The molecule has 0 unspecified atom stereocenters. The number of aliphatic hydroxyl groups is 1. The minimum absolute atomic E-state index is 0. The molecule has 18 heavy (non-hydrogen) atoms. The molecule has 0 aliphatic heterocycles. The van der Waals surface area contributed by atoms with E-state index >= 15 is 0 Å². The maximum Gasteiger partial charge on any atom is 0.164 e. The van der Waals surface area contributed by atoms with E-state index in [0.29, 0.717) is 24.6 Å². The lowest BCUT2D eigenvalue weighted by atomic mass is 10.1. The van der Waals surface area contributed by atoms with Crippen LogP contribution in [0.15, 0.2) is 12.1 Å². The quantitative estimate of drug-likeness (QED) is 0.734. The van der Waals surface area contributed by atoms with Gasteiger partial charge in [0.2, 0.25) is 0 Å². The van der Waals surface area contributed by atoms with Gasteiger partial charge in [0.1, 0.15) is 5.75 Å². The maximum atomic E-state index is 8.72. The van der Waals surface area contributed by atoms with Gasteiger partial charge in [-0.25, -0.2) is 0 Å². The predicted molar refractivity (Wildman–Crippen MR) is 72.1 cm³/mol. The summed E-state index contributed by atoms with van der Waals surface area (Å²) < 4.78 is 15.7. The first kappa shape index (κ1) is 16.8. The van der Waals surface area contributed by atoms with E-state index in [2.05, 4.69) is 5.32 Å². The van der Waals surface area contributed by atoms with Crippen LogP contribution < -0.4 is 19.5 Å². The Morgan fingerprint density at radius 1 is 1.00 bits per heavy atom. The fraction of sp³-hybridized carbons (Fsp3) is 0.500. The van der Waals surface area contributed by atoms with Crippen LogP contribution in [-0.2, 0) is 6.54 Å². The Hall–Kier alpha value is -1.17. The van der Waals surface area contributed by atoms with Crippen LogP contribution in [0.3, 0.4) is 0 Å². The maximum absolute atomic E-state index is 8.72. The Morgan fingerprint density at radius 2 is 1.56 bits per heavy atom. The van der Waals surface area contributed by atoms with Crippen LogP contribution in [-0.4, -0.2) is 39.6 Å². The minimum atomic E-state index is 0. The van der Waals surface area contributed by atoms with Crippen molar-refractivity contribution in [3.05, 3.63) is 17.7 Å². The van der Waals surface area contributed by atoms with Gasteiger partial charge in [0, 0.05) is 24.7 Å². The molecular formula is C12H20ClNO4. The largest absolute Gasteiger partial charge is 0.496 e. The first-order valence-corrected chi connectivity index (χ1v) is 5.37. The zero-order chi connectivity index (χ0) is 12.7. The van der Waals surface area contributed by atoms with Gasteiger partial charge in [-0.3, -0.25) is 0 Å². The van der Waals surface area contributed by atoms with E-state index in [9.17, 15) is 0 Å². The number of aliphatic hydroxyl groups excluding tert-OH is 1. The highest BCUT2D eigenvalue weighted by Gasteiger charge is 2.11. The van der Waals surface area contributed by atoms with Crippen molar-refractivity contribution in [2.24, 2.45) is 0 Å². The fourth-order valence-corrected chi connectivity index (χ4v) is 1.53. The van der Waals surface area contributed by atoms with Crippen molar-refractivity contribution in [1.82, 2.24) is 5.32 Å². The van der Waals surface area contributed by atoms with Gasteiger partial charge in [-0.2, -0.15) is 0 Å². The molecule has 0 heterocycles. The van der Waals surface area contributed by atoms with Crippen molar-refractivity contribution >= 4 is 12.4 Å². The summed E-state index contributed by atoms with van der Waals surface area (Å²) >= 11 is 0. The van der Waals surface area contributed by atoms with Gasteiger partial charge in [-0.1, -0.05) is 0 Å². The average Bonchev–Trinajstić information content (AvgIpc) is 2.38. The summed E-state index contributed by atoms with van der Waals surface area (Å²) in [5.41, 5.74) is 0.957. The van der Waals surface area contributed by atoms with E-state index in [-0.39, 0.29) is 19.0 Å². The van der Waals surface area contributed by atoms with Crippen LogP contribution in [0.25, 0.3) is 0 Å². The second kappa shape index (κ2) is 8.85. The fourth-order valence-electron chi connectivity index (χ4n) is 1.53. The Kier molecular flexibility index (Phi) is 8.28. The molecule has 0 amide bonds.